The first kappa shape index (κ1) is 20.3. The highest BCUT2D eigenvalue weighted by Crippen LogP contribution is 2.30. The third kappa shape index (κ3) is 4.89. The number of carbonyl (C=O) groups excluding carboxylic acids is 1. The van der Waals surface area contributed by atoms with Gasteiger partial charge in [0.05, 0.1) is 12.7 Å². The molecule has 1 aliphatic heterocycles. The minimum atomic E-state index is -3.52. The minimum absolute atomic E-state index is 0.294. The first-order chi connectivity index (χ1) is 12.9. The molecule has 0 aromatic heterocycles. The molecule has 1 aromatic carbocycles. The predicted molar refractivity (Wildman–Crippen MR) is 106 cm³/mol. The molecule has 150 valence electrons. The molecule has 1 saturated heterocycles. The van der Waals surface area contributed by atoms with E-state index in [1.165, 1.54) is 19.3 Å². The van der Waals surface area contributed by atoms with Crippen LogP contribution in [0.15, 0.2) is 24.3 Å². The summed E-state index contributed by atoms with van der Waals surface area (Å²) in [7, 11) is -3.52. The number of ether oxygens (including phenoxy) is 1. The third-order valence-electron chi connectivity index (χ3n) is 5.76. The van der Waals surface area contributed by atoms with Crippen molar-refractivity contribution < 1.29 is 17.9 Å². The van der Waals surface area contributed by atoms with Crippen LogP contribution in [0.1, 0.15) is 50.5 Å². The van der Waals surface area contributed by atoms with Gasteiger partial charge in [-0.25, -0.2) is 8.42 Å². The van der Waals surface area contributed by atoms with Gasteiger partial charge in [0.25, 0.3) is 0 Å². The first-order valence-corrected chi connectivity index (χ1v) is 11.7. The lowest BCUT2D eigenvalue weighted by molar-refractivity contribution is -0.119. The molecular weight excluding hydrogens is 364 g/mol. The second kappa shape index (κ2) is 8.71. The van der Waals surface area contributed by atoms with Gasteiger partial charge in [-0.05, 0) is 56.5 Å². The van der Waals surface area contributed by atoms with Crippen LogP contribution in [0.2, 0.25) is 0 Å². The Balaban J connectivity index is 1.66. The van der Waals surface area contributed by atoms with Crippen LogP contribution in [0.4, 0.5) is 5.69 Å². The molecule has 0 radical (unpaired) electrons. The van der Waals surface area contributed by atoms with Gasteiger partial charge in [-0.15, -0.1) is 0 Å². The van der Waals surface area contributed by atoms with Crippen LogP contribution in [-0.4, -0.2) is 44.5 Å². The molecule has 1 heterocycles. The molecule has 1 amide bonds. The molecule has 1 saturated carbocycles. The highest BCUT2D eigenvalue weighted by atomic mass is 32.2. The van der Waals surface area contributed by atoms with E-state index in [1.54, 1.807) is 6.07 Å². The maximum absolute atomic E-state index is 12.9. The number of hydrogen-bond acceptors (Lipinski definition) is 5. The Morgan fingerprint density at radius 2 is 1.93 bits per heavy atom. The molecule has 7 heteroatoms. The number of rotatable bonds is 6. The zero-order valence-corrected chi connectivity index (χ0v) is 16.8. The van der Waals surface area contributed by atoms with Crippen LogP contribution in [-0.2, 0) is 26.0 Å². The summed E-state index contributed by atoms with van der Waals surface area (Å²) in [6.45, 7) is 1.56. The lowest BCUT2D eigenvalue weighted by atomic mass is 9.95. The Morgan fingerprint density at radius 1 is 1.22 bits per heavy atom. The average molecular weight is 395 g/mol. The van der Waals surface area contributed by atoms with E-state index in [2.05, 4.69) is 10.6 Å². The SMILES string of the molecule is CS(=O)(=O)C1(C(=O)Nc2cccc(COC3CCCCC3)c2)CCNCC1. The van der Waals surface area contributed by atoms with E-state index >= 15 is 0 Å². The zero-order valence-electron chi connectivity index (χ0n) is 16.0. The fraction of sp³-hybridized carbons (Fsp3) is 0.650. The van der Waals surface area contributed by atoms with Gasteiger partial charge < -0.3 is 15.4 Å². The van der Waals surface area contributed by atoms with E-state index in [4.69, 9.17) is 4.74 Å². The summed E-state index contributed by atoms with van der Waals surface area (Å²) in [5.41, 5.74) is 1.60. The molecule has 0 unspecified atom stereocenters. The second-order valence-electron chi connectivity index (χ2n) is 7.74. The first-order valence-electron chi connectivity index (χ1n) is 9.83. The number of sulfone groups is 1. The van der Waals surface area contributed by atoms with E-state index in [9.17, 15) is 13.2 Å². The van der Waals surface area contributed by atoms with Crippen molar-refractivity contribution in [1.29, 1.82) is 0 Å². The Hall–Kier alpha value is -1.44. The number of benzene rings is 1. The lowest BCUT2D eigenvalue weighted by Crippen LogP contribution is -2.55. The molecule has 2 fully saturated rings. The Labute approximate surface area is 162 Å². The van der Waals surface area contributed by atoms with Crippen LogP contribution in [0.3, 0.4) is 0 Å². The Morgan fingerprint density at radius 3 is 2.59 bits per heavy atom. The molecule has 2 aliphatic rings. The van der Waals surface area contributed by atoms with E-state index < -0.39 is 20.5 Å². The fourth-order valence-corrected chi connectivity index (χ4v) is 5.36. The normalized spacial score (nSPS) is 20.9. The van der Waals surface area contributed by atoms with Gasteiger partial charge >= 0.3 is 0 Å². The molecule has 0 atom stereocenters. The molecular formula is C20H30N2O4S. The Kier molecular flexibility index (Phi) is 6.55. The number of hydrogen-bond donors (Lipinski definition) is 2. The highest BCUT2D eigenvalue weighted by Gasteiger charge is 2.48. The summed E-state index contributed by atoms with van der Waals surface area (Å²) in [4.78, 5) is 12.9. The van der Waals surface area contributed by atoms with Crippen LogP contribution in [0.5, 0.6) is 0 Å². The smallest absolute Gasteiger partial charge is 0.245 e. The third-order valence-corrected chi connectivity index (χ3v) is 7.77. The van der Waals surface area contributed by atoms with Crippen molar-refractivity contribution in [3.8, 4) is 0 Å². The molecule has 0 bridgehead atoms. The maximum atomic E-state index is 12.9. The van der Waals surface area contributed by atoms with Gasteiger partial charge in [0, 0.05) is 11.9 Å². The molecule has 1 aromatic rings. The van der Waals surface area contributed by atoms with Gasteiger partial charge in [-0.2, -0.15) is 0 Å². The summed E-state index contributed by atoms with van der Waals surface area (Å²) >= 11 is 0. The topological polar surface area (TPSA) is 84.5 Å². The van der Waals surface area contributed by atoms with E-state index in [1.807, 2.05) is 18.2 Å². The van der Waals surface area contributed by atoms with Crippen molar-refractivity contribution >= 4 is 21.4 Å². The van der Waals surface area contributed by atoms with E-state index in [-0.39, 0.29) is 0 Å². The van der Waals surface area contributed by atoms with Crippen molar-refractivity contribution in [3.63, 3.8) is 0 Å². The number of nitrogens with one attached hydrogen (secondary N) is 2. The number of carbonyl (C=O) groups is 1. The van der Waals surface area contributed by atoms with Crippen molar-refractivity contribution in [2.24, 2.45) is 0 Å². The zero-order chi connectivity index (χ0) is 19.3. The summed E-state index contributed by atoms with van der Waals surface area (Å²) in [5, 5.41) is 5.96. The quantitative estimate of drug-likeness (QED) is 0.775. The summed E-state index contributed by atoms with van der Waals surface area (Å²) < 4.78 is 29.4. The number of amides is 1. The van der Waals surface area contributed by atoms with Gasteiger partial charge in [0.15, 0.2) is 14.6 Å². The lowest BCUT2D eigenvalue weighted by Gasteiger charge is -2.34. The average Bonchev–Trinajstić information content (AvgIpc) is 2.67. The number of piperidine rings is 1. The van der Waals surface area contributed by atoms with Crippen molar-refractivity contribution in [1.82, 2.24) is 5.32 Å². The van der Waals surface area contributed by atoms with Crippen molar-refractivity contribution in [2.75, 3.05) is 24.7 Å². The summed E-state index contributed by atoms with van der Waals surface area (Å²) in [6, 6.07) is 7.50. The van der Waals surface area contributed by atoms with Crippen LogP contribution < -0.4 is 10.6 Å². The molecule has 2 N–H and O–H groups in total. The highest BCUT2D eigenvalue weighted by molar-refractivity contribution is 7.92. The van der Waals surface area contributed by atoms with Gasteiger partial charge in [-0.3, -0.25) is 4.79 Å². The van der Waals surface area contributed by atoms with Gasteiger partial charge in [0.2, 0.25) is 5.91 Å². The molecule has 0 spiro atoms. The van der Waals surface area contributed by atoms with Crippen LogP contribution in [0.25, 0.3) is 0 Å². The van der Waals surface area contributed by atoms with E-state index in [0.29, 0.717) is 44.3 Å². The van der Waals surface area contributed by atoms with Crippen LogP contribution >= 0.6 is 0 Å². The van der Waals surface area contributed by atoms with Crippen molar-refractivity contribution in [3.05, 3.63) is 29.8 Å². The predicted octanol–water partition coefficient (Wildman–Crippen LogP) is 2.64. The largest absolute Gasteiger partial charge is 0.374 e. The van der Waals surface area contributed by atoms with Crippen LogP contribution in [0, 0.1) is 0 Å². The maximum Gasteiger partial charge on any atom is 0.245 e. The standard InChI is InChI=1S/C20H30N2O4S/c1-27(24,25)20(10-12-21-13-11-20)19(23)22-17-7-5-6-16(14-17)15-26-18-8-3-2-4-9-18/h5-7,14,18,21H,2-4,8-13,15H2,1H3,(H,22,23). The molecule has 6 nitrogen and oxygen atoms in total. The van der Waals surface area contributed by atoms with Gasteiger partial charge in [0.1, 0.15) is 0 Å². The second-order valence-corrected chi connectivity index (χ2v) is 10.1. The summed E-state index contributed by atoms with van der Waals surface area (Å²) in [6.07, 6.45) is 8.03. The Bertz CT molecular complexity index is 751. The van der Waals surface area contributed by atoms with E-state index in [0.717, 1.165) is 24.7 Å². The number of anilines is 1. The van der Waals surface area contributed by atoms with Crippen molar-refractivity contribution in [2.45, 2.75) is 62.4 Å². The summed E-state index contributed by atoms with van der Waals surface area (Å²) in [5.74, 6) is -0.433. The minimum Gasteiger partial charge on any atom is -0.374 e. The molecule has 1 aliphatic carbocycles. The molecule has 3 rings (SSSR count). The van der Waals surface area contributed by atoms with Gasteiger partial charge in [-0.1, -0.05) is 31.4 Å². The monoisotopic (exact) mass is 394 g/mol. The fourth-order valence-electron chi connectivity index (χ4n) is 4.03. The molecule has 27 heavy (non-hydrogen) atoms.